The fourth-order valence-corrected chi connectivity index (χ4v) is 3.82. The van der Waals surface area contributed by atoms with Crippen LogP contribution in [0.5, 0.6) is 0 Å². The highest BCUT2D eigenvalue weighted by atomic mass is 35.5. The van der Waals surface area contributed by atoms with Gasteiger partial charge in [0.25, 0.3) is 5.91 Å². The summed E-state index contributed by atoms with van der Waals surface area (Å²) in [5, 5.41) is 7.71. The van der Waals surface area contributed by atoms with E-state index >= 15 is 0 Å². The standard InChI is InChI=1S/C17H16Cl2N4OS/c1-23-14(6-7-21-23)12-8-15(25-16(12)19)17(24)22-13(9-20)10-2-4-11(18)5-3-10/h2-8,13H,9,20H2,1H3,(H,22,24). The minimum Gasteiger partial charge on any atom is -0.343 e. The second-order valence-electron chi connectivity index (χ2n) is 5.45. The summed E-state index contributed by atoms with van der Waals surface area (Å²) < 4.78 is 2.26. The minimum atomic E-state index is -0.300. The molecular weight excluding hydrogens is 379 g/mol. The van der Waals surface area contributed by atoms with Crippen LogP contribution in [-0.2, 0) is 7.05 Å². The average Bonchev–Trinajstić information content (AvgIpc) is 3.18. The van der Waals surface area contributed by atoms with Crippen molar-refractivity contribution in [3.63, 3.8) is 0 Å². The van der Waals surface area contributed by atoms with Crippen molar-refractivity contribution in [1.29, 1.82) is 0 Å². The second kappa shape index (κ2) is 7.58. The van der Waals surface area contributed by atoms with Gasteiger partial charge in [-0.15, -0.1) is 11.3 Å². The third kappa shape index (κ3) is 3.88. The summed E-state index contributed by atoms with van der Waals surface area (Å²) in [7, 11) is 1.83. The molecule has 2 aromatic heterocycles. The summed E-state index contributed by atoms with van der Waals surface area (Å²) in [5.74, 6) is -0.217. The fourth-order valence-electron chi connectivity index (χ4n) is 2.50. The highest BCUT2D eigenvalue weighted by Crippen LogP contribution is 2.35. The summed E-state index contributed by atoms with van der Waals surface area (Å²) in [6.45, 7) is 0.279. The lowest BCUT2D eigenvalue weighted by Gasteiger charge is -2.16. The van der Waals surface area contributed by atoms with Crippen molar-refractivity contribution in [3.05, 3.63) is 62.4 Å². The molecule has 0 aliphatic heterocycles. The molecule has 0 radical (unpaired) electrons. The fraction of sp³-hybridized carbons (Fsp3) is 0.176. The summed E-state index contributed by atoms with van der Waals surface area (Å²) in [6, 6.07) is 10.6. The topological polar surface area (TPSA) is 72.9 Å². The van der Waals surface area contributed by atoms with E-state index in [9.17, 15) is 4.79 Å². The van der Waals surface area contributed by atoms with Crippen molar-refractivity contribution in [1.82, 2.24) is 15.1 Å². The van der Waals surface area contributed by atoms with Crippen LogP contribution in [0.2, 0.25) is 9.36 Å². The van der Waals surface area contributed by atoms with Gasteiger partial charge in [0.2, 0.25) is 0 Å². The van der Waals surface area contributed by atoms with Gasteiger partial charge in [-0.25, -0.2) is 0 Å². The molecule has 0 aliphatic rings. The van der Waals surface area contributed by atoms with Crippen LogP contribution >= 0.6 is 34.5 Å². The van der Waals surface area contributed by atoms with E-state index in [2.05, 4.69) is 10.4 Å². The molecule has 25 heavy (non-hydrogen) atoms. The van der Waals surface area contributed by atoms with Gasteiger partial charge in [0.05, 0.1) is 16.6 Å². The molecule has 0 aliphatic carbocycles. The van der Waals surface area contributed by atoms with Crippen molar-refractivity contribution >= 4 is 40.4 Å². The number of nitrogens with two attached hydrogens (primary N) is 1. The number of hydrogen-bond donors (Lipinski definition) is 2. The number of halogens is 2. The van der Waals surface area contributed by atoms with Gasteiger partial charge in [0.1, 0.15) is 4.34 Å². The van der Waals surface area contributed by atoms with Gasteiger partial charge in [0.15, 0.2) is 0 Å². The van der Waals surface area contributed by atoms with Crippen LogP contribution < -0.4 is 11.1 Å². The van der Waals surface area contributed by atoms with E-state index in [1.54, 1.807) is 29.1 Å². The number of amides is 1. The Hall–Kier alpha value is -1.86. The Bertz CT molecular complexity index is 888. The highest BCUT2D eigenvalue weighted by Gasteiger charge is 2.19. The molecule has 130 valence electrons. The van der Waals surface area contributed by atoms with E-state index in [0.29, 0.717) is 14.2 Å². The SMILES string of the molecule is Cn1nccc1-c1cc(C(=O)NC(CN)c2ccc(Cl)cc2)sc1Cl. The summed E-state index contributed by atoms with van der Waals surface area (Å²) in [6.07, 6.45) is 1.69. The van der Waals surface area contributed by atoms with Crippen LogP contribution in [0.15, 0.2) is 42.6 Å². The Morgan fingerprint density at radius 2 is 2.04 bits per heavy atom. The Labute approximate surface area is 159 Å². The molecule has 8 heteroatoms. The van der Waals surface area contributed by atoms with Gasteiger partial charge in [-0.1, -0.05) is 35.3 Å². The van der Waals surface area contributed by atoms with Crippen molar-refractivity contribution in [3.8, 4) is 11.3 Å². The molecule has 3 rings (SSSR count). The molecule has 3 N–H and O–H groups in total. The molecule has 0 saturated heterocycles. The summed E-state index contributed by atoms with van der Waals surface area (Å²) in [4.78, 5) is 13.1. The number of nitrogens with one attached hydrogen (secondary N) is 1. The highest BCUT2D eigenvalue weighted by molar-refractivity contribution is 7.18. The largest absolute Gasteiger partial charge is 0.343 e. The predicted molar refractivity (Wildman–Crippen MR) is 102 cm³/mol. The molecule has 1 aromatic carbocycles. The number of aryl methyl sites for hydroxylation is 1. The van der Waals surface area contributed by atoms with Crippen LogP contribution in [0.4, 0.5) is 0 Å². The smallest absolute Gasteiger partial charge is 0.261 e. The van der Waals surface area contributed by atoms with E-state index in [-0.39, 0.29) is 18.5 Å². The first-order valence-electron chi connectivity index (χ1n) is 7.53. The van der Waals surface area contributed by atoms with Gasteiger partial charge in [-0.3, -0.25) is 9.48 Å². The van der Waals surface area contributed by atoms with Gasteiger partial charge in [-0.05, 0) is 29.8 Å². The molecule has 0 spiro atoms. The van der Waals surface area contributed by atoms with E-state index in [0.717, 1.165) is 16.8 Å². The van der Waals surface area contributed by atoms with Crippen molar-refractivity contribution in [2.45, 2.75) is 6.04 Å². The van der Waals surface area contributed by atoms with Crippen LogP contribution in [0.25, 0.3) is 11.3 Å². The number of rotatable bonds is 5. The van der Waals surface area contributed by atoms with Gasteiger partial charge in [0, 0.05) is 30.4 Å². The normalized spacial score (nSPS) is 12.2. The minimum absolute atomic E-state index is 0.217. The lowest BCUT2D eigenvalue weighted by Crippen LogP contribution is -2.32. The lowest BCUT2D eigenvalue weighted by molar-refractivity contribution is 0.0942. The molecule has 3 aromatic rings. The Balaban J connectivity index is 1.81. The second-order valence-corrected chi connectivity index (χ2v) is 7.54. The molecular formula is C17H16Cl2N4OS. The molecule has 0 bridgehead atoms. The summed E-state index contributed by atoms with van der Waals surface area (Å²) in [5.41, 5.74) is 8.36. The average molecular weight is 395 g/mol. The van der Waals surface area contributed by atoms with Crippen LogP contribution in [0.1, 0.15) is 21.3 Å². The maximum absolute atomic E-state index is 12.6. The third-order valence-electron chi connectivity index (χ3n) is 3.82. The van der Waals surface area contributed by atoms with Crippen molar-refractivity contribution < 1.29 is 4.79 Å². The van der Waals surface area contributed by atoms with Crippen LogP contribution in [0.3, 0.4) is 0 Å². The van der Waals surface area contributed by atoms with Gasteiger partial charge in [-0.2, -0.15) is 5.10 Å². The Morgan fingerprint density at radius 1 is 1.32 bits per heavy atom. The van der Waals surface area contributed by atoms with Gasteiger partial charge < -0.3 is 11.1 Å². The maximum atomic E-state index is 12.6. The number of nitrogens with zero attached hydrogens (tertiary/aromatic N) is 2. The van der Waals surface area contributed by atoms with E-state index in [4.69, 9.17) is 28.9 Å². The number of carbonyl (C=O) groups excluding carboxylic acids is 1. The zero-order valence-corrected chi connectivity index (χ0v) is 15.7. The maximum Gasteiger partial charge on any atom is 0.261 e. The van der Waals surface area contributed by atoms with E-state index < -0.39 is 0 Å². The first-order valence-corrected chi connectivity index (χ1v) is 9.11. The number of carbonyl (C=O) groups is 1. The van der Waals surface area contributed by atoms with Gasteiger partial charge >= 0.3 is 0 Å². The molecule has 0 fully saturated rings. The lowest BCUT2D eigenvalue weighted by atomic mass is 10.1. The molecule has 1 atom stereocenters. The van der Waals surface area contributed by atoms with E-state index in [1.165, 1.54) is 11.3 Å². The van der Waals surface area contributed by atoms with Crippen LogP contribution in [-0.4, -0.2) is 22.2 Å². The zero-order chi connectivity index (χ0) is 18.0. The predicted octanol–water partition coefficient (Wildman–Crippen LogP) is 3.89. The molecule has 0 saturated carbocycles. The number of thiophene rings is 1. The third-order valence-corrected chi connectivity index (χ3v) is 5.43. The molecule has 1 unspecified atom stereocenters. The van der Waals surface area contributed by atoms with Crippen molar-refractivity contribution in [2.75, 3.05) is 6.54 Å². The molecule has 5 nitrogen and oxygen atoms in total. The number of hydrogen-bond acceptors (Lipinski definition) is 4. The number of benzene rings is 1. The monoisotopic (exact) mass is 394 g/mol. The molecule has 2 heterocycles. The van der Waals surface area contributed by atoms with Crippen LogP contribution in [0, 0.1) is 0 Å². The quantitative estimate of drug-likeness (QED) is 0.689. The van der Waals surface area contributed by atoms with Crippen molar-refractivity contribution in [2.24, 2.45) is 12.8 Å². The molecule has 1 amide bonds. The zero-order valence-electron chi connectivity index (χ0n) is 13.4. The summed E-state index contributed by atoms with van der Waals surface area (Å²) >= 11 is 13.4. The van der Waals surface area contributed by atoms with E-state index in [1.807, 2.05) is 25.2 Å². The first-order chi connectivity index (χ1) is 12.0. The Morgan fingerprint density at radius 3 is 2.64 bits per heavy atom. The Kier molecular flexibility index (Phi) is 5.44. The first kappa shape index (κ1) is 17.9. The number of aromatic nitrogens is 2.